The summed E-state index contributed by atoms with van der Waals surface area (Å²) >= 11 is 0. The van der Waals surface area contributed by atoms with Crippen molar-refractivity contribution in [2.24, 2.45) is 5.92 Å². The molecule has 38 heavy (non-hydrogen) atoms. The first kappa shape index (κ1) is 31.0. The molecule has 0 aliphatic heterocycles. The molecule has 0 fully saturated rings. The zero-order valence-corrected chi connectivity index (χ0v) is 23.9. The van der Waals surface area contributed by atoms with Gasteiger partial charge in [0.05, 0.1) is 30.7 Å². The molecule has 3 aromatic heterocycles. The second kappa shape index (κ2) is 15.2. The average Bonchev–Trinajstić information content (AvgIpc) is 3.44. The minimum Gasteiger partial charge on any atom is -0.494 e. The summed E-state index contributed by atoms with van der Waals surface area (Å²) in [6.07, 6.45) is 8.11. The van der Waals surface area contributed by atoms with Crippen molar-refractivity contribution in [2.45, 2.75) is 73.9 Å². The Labute approximate surface area is 226 Å². The minimum absolute atomic E-state index is 0.0261. The molecule has 3 aromatic rings. The van der Waals surface area contributed by atoms with E-state index in [0.717, 1.165) is 46.4 Å². The molecule has 0 amide bonds. The number of ether oxygens (including phenoxy) is 1. The molecule has 0 aliphatic rings. The summed E-state index contributed by atoms with van der Waals surface area (Å²) in [5, 5.41) is 7.86. The first-order chi connectivity index (χ1) is 18.3. The molecule has 8 heteroatoms. The van der Waals surface area contributed by atoms with E-state index in [2.05, 4.69) is 30.7 Å². The first-order valence-corrected chi connectivity index (χ1v) is 13.4. The van der Waals surface area contributed by atoms with Gasteiger partial charge in [0.15, 0.2) is 11.7 Å². The normalized spacial score (nSPS) is 12.4. The lowest BCUT2D eigenvalue weighted by atomic mass is 10.0. The monoisotopic (exact) mass is 527 g/mol. The van der Waals surface area contributed by atoms with Gasteiger partial charge in [0.1, 0.15) is 11.4 Å². The number of fused-ring (bicyclic) bond motifs is 1. The van der Waals surface area contributed by atoms with Gasteiger partial charge in [0.2, 0.25) is 0 Å². The topological polar surface area (TPSA) is 56.4 Å². The van der Waals surface area contributed by atoms with Crippen LogP contribution in [-0.2, 0) is 37.1 Å². The largest absolute Gasteiger partial charge is 0.494 e. The Morgan fingerprint density at radius 1 is 1.24 bits per heavy atom. The number of imidazole rings is 1. The number of halogens is 2. The van der Waals surface area contributed by atoms with E-state index in [1.165, 1.54) is 6.92 Å². The van der Waals surface area contributed by atoms with Crippen molar-refractivity contribution in [3.63, 3.8) is 0 Å². The van der Waals surface area contributed by atoms with Crippen LogP contribution in [0.15, 0.2) is 60.7 Å². The molecule has 3 heterocycles. The number of aromatic nitrogens is 4. The van der Waals surface area contributed by atoms with E-state index < -0.39 is 11.7 Å². The van der Waals surface area contributed by atoms with Gasteiger partial charge in [0.25, 0.3) is 0 Å². The van der Waals surface area contributed by atoms with Crippen LogP contribution in [0.3, 0.4) is 0 Å². The second-order valence-corrected chi connectivity index (χ2v) is 9.27. The van der Waals surface area contributed by atoms with E-state index in [-0.39, 0.29) is 18.8 Å². The number of nitrogens with zero attached hydrogens (tertiary/aromatic N) is 4. The number of rotatable bonds is 13. The summed E-state index contributed by atoms with van der Waals surface area (Å²) in [5.41, 5.74) is 5.71. The van der Waals surface area contributed by atoms with Crippen LogP contribution in [0, 0.1) is 12.8 Å². The van der Waals surface area contributed by atoms with Crippen molar-refractivity contribution >= 4 is 5.65 Å². The molecular formula is C30H43F2N5O. The Morgan fingerprint density at radius 3 is 2.61 bits per heavy atom. The summed E-state index contributed by atoms with van der Waals surface area (Å²) in [6.45, 7) is 17.1. The molecule has 0 atom stereocenters. The molecule has 6 nitrogen and oxygen atoms in total. The molecule has 0 aliphatic carbocycles. The maximum absolute atomic E-state index is 15.0. The molecule has 0 spiro atoms. The molecule has 0 saturated heterocycles. The predicted molar refractivity (Wildman–Crippen MR) is 151 cm³/mol. The van der Waals surface area contributed by atoms with Crippen LogP contribution >= 0.6 is 0 Å². The summed E-state index contributed by atoms with van der Waals surface area (Å²) < 4.78 is 39.1. The van der Waals surface area contributed by atoms with E-state index in [1.807, 2.05) is 61.3 Å². The molecule has 0 saturated carbocycles. The third kappa shape index (κ3) is 7.87. The summed E-state index contributed by atoms with van der Waals surface area (Å²) in [5.74, 6) is -1.49. The van der Waals surface area contributed by atoms with Gasteiger partial charge in [-0.15, -0.1) is 6.58 Å². The van der Waals surface area contributed by atoms with E-state index in [4.69, 9.17) is 9.84 Å². The third-order valence-corrected chi connectivity index (χ3v) is 6.02. The smallest absolute Gasteiger partial charge is 0.196 e. The van der Waals surface area contributed by atoms with Gasteiger partial charge >= 0.3 is 0 Å². The number of hydrogen-bond donors (Lipinski definition) is 1. The van der Waals surface area contributed by atoms with Gasteiger partial charge in [-0.1, -0.05) is 39.8 Å². The lowest BCUT2D eigenvalue weighted by Gasteiger charge is -2.14. The highest BCUT2D eigenvalue weighted by molar-refractivity contribution is 5.42. The first-order valence-electron chi connectivity index (χ1n) is 13.4. The van der Waals surface area contributed by atoms with Crippen molar-refractivity contribution in [3.05, 3.63) is 88.9 Å². The highest BCUT2D eigenvalue weighted by Gasteiger charge is 2.18. The van der Waals surface area contributed by atoms with E-state index in [1.54, 1.807) is 6.20 Å². The van der Waals surface area contributed by atoms with Gasteiger partial charge in [-0.2, -0.15) is 5.10 Å². The van der Waals surface area contributed by atoms with Crippen molar-refractivity contribution in [2.75, 3.05) is 13.7 Å². The highest BCUT2D eigenvalue weighted by atomic mass is 19.2. The maximum Gasteiger partial charge on any atom is 0.196 e. The quantitative estimate of drug-likeness (QED) is 0.150. The molecule has 0 bridgehead atoms. The van der Waals surface area contributed by atoms with Crippen LogP contribution < -0.4 is 5.32 Å². The summed E-state index contributed by atoms with van der Waals surface area (Å²) in [4.78, 5) is 4.39. The number of hydrogen-bond acceptors (Lipinski definition) is 4. The zero-order valence-electron chi connectivity index (χ0n) is 23.9. The Balaban J connectivity index is 0.00000247. The summed E-state index contributed by atoms with van der Waals surface area (Å²) in [6, 6.07) is 3.73. The fourth-order valence-electron chi connectivity index (χ4n) is 4.23. The molecule has 3 rings (SSSR count). The maximum atomic E-state index is 15.0. The van der Waals surface area contributed by atoms with Gasteiger partial charge in [-0.3, -0.25) is 4.68 Å². The van der Waals surface area contributed by atoms with Crippen LogP contribution in [0.5, 0.6) is 0 Å². The average molecular weight is 528 g/mol. The van der Waals surface area contributed by atoms with Crippen molar-refractivity contribution in [1.82, 2.24) is 24.5 Å². The standard InChI is InChI=1S/C28H37F2N5O.C2H6/c1-7-12-35-20(5)23(25(33-35)14-19(3)4)11-13-36-26(28(30)24(29)8-2)15-21-9-10-27-32-17-22(16-31-6)34(27)18-21;1-2/h7-10,17-19,31H,1,11-16H2,2-6H3;1-2H3/b24-8+,28-26-;. The molecular weight excluding hydrogens is 484 g/mol. The van der Waals surface area contributed by atoms with Crippen LogP contribution in [0.1, 0.15) is 62.8 Å². The second-order valence-electron chi connectivity index (χ2n) is 9.27. The van der Waals surface area contributed by atoms with Gasteiger partial charge in [-0.25, -0.2) is 13.8 Å². The van der Waals surface area contributed by atoms with Crippen molar-refractivity contribution in [1.29, 1.82) is 0 Å². The van der Waals surface area contributed by atoms with E-state index in [0.29, 0.717) is 25.4 Å². The Kier molecular flexibility index (Phi) is 12.4. The number of pyridine rings is 1. The fraction of sp³-hybridized carbons (Fsp3) is 0.467. The van der Waals surface area contributed by atoms with Crippen molar-refractivity contribution < 1.29 is 13.5 Å². The van der Waals surface area contributed by atoms with Crippen molar-refractivity contribution in [3.8, 4) is 0 Å². The van der Waals surface area contributed by atoms with Crippen LogP contribution in [-0.4, -0.2) is 32.8 Å². The summed E-state index contributed by atoms with van der Waals surface area (Å²) in [7, 11) is 1.86. The number of allylic oxidation sites excluding steroid dienone is 5. The lowest BCUT2D eigenvalue weighted by Crippen LogP contribution is -2.09. The van der Waals surface area contributed by atoms with Crippen LogP contribution in [0.4, 0.5) is 8.78 Å². The van der Waals surface area contributed by atoms with Crippen LogP contribution in [0.25, 0.3) is 5.65 Å². The minimum atomic E-state index is -0.972. The van der Waals surface area contributed by atoms with Gasteiger partial charge in [0, 0.05) is 31.3 Å². The Morgan fingerprint density at radius 2 is 1.97 bits per heavy atom. The molecule has 0 aromatic carbocycles. The highest BCUT2D eigenvalue weighted by Crippen LogP contribution is 2.24. The molecule has 208 valence electrons. The molecule has 1 N–H and O–H groups in total. The number of nitrogens with one attached hydrogen (secondary N) is 1. The van der Waals surface area contributed by atoms with E-state index in [9.17, 15) is 4.39 Å². The van der Waals surface area contributed by atoms with E-state index >= 15 is 4.39 Å². The van der Waals surface area contributed by atoms with Gasteiger partial charge < -0.3 is 14.5 Å². The Hall–Kier alpha value is -3.26. The van der Waals surface area contributed by atoms with Crippen LogP contribution in [0.2, 0.25) is 0 Å². The predicted octanol–water partition coefficient (Wildman–Crippen LogP) is 6.83. The lowest BCUT2D eigenvalue weighted by molar-refractivity contribution is 0.197. The molecule has 0 radical (unpaired) electrons. The molecule has 0 unspecified atom stereocenters. The SMILES string of the molecule is C=CCn1nc(CC(C)C)c(CCO/C(Cc2ccc3ncc(CNC)n3c2)=C(F)/C(F)=C\C)c1C.CC. The van der Waals surface area contributed by atoms with Gasteiger partial charge in [-0.05, 0) is 56.5 Å². The third-order valence-electron chi connectivity index (χ3n) is 6.02. The Bertz CT molecular complexity index is 1250. The zero-order chi connectivity index (χ0) is 28.2. The fourth-order valence-corrected chi connectivity index (χ4v) is 4.23.